The summed E-state index contributed by atoms with van der Waals surface area (Å²) >= 11 is 0. The van der Waals surface area contributed by atoms with Crippen LogP contribution in [0.25, 0.3) is 0 Å². The Bertz CT molecular complexity index is 378. The lowest BCUT2D eigenvalue weighted by atomic mass is 9.89. The van der Waals surface area contributed by atoms with E-state index < -0.39 is 0 Å². The van der Waals surface area contributed by atoms with Crippen molar-refractivity contribution in [3.63, 3.8) is 0 Å². The second-order valence-corrected chi connectivity index (χ2v) is 6.59. The van der Waals surface area contributed by atoms with Crippen molar-refractivity contribution in [2.45, 2.75) is 65.7 Å². The Balaban J connectivity index is 1.74. The zero-order valence-corrected chi connectivity index (χ0v) is 13.2. The molecule has 0 unspecified atom stereocenters. The van der Waals surface area contributed by atoms with Gasteiger partial charge in [-0.1, -0.05) is 20.8 Å². The van der Waals surface area contributed by atoms with Crippen molar-refractivity contribution in [3.8, 4) is 0 Å². The molecule has 0 radical (unpaired) electrons. The van der Waals surface area contributed by atoms with E-state index >= 15 is 0 Å². The Morgan fingerprint density at radius 2 is 2.05 bits per heavy atom. The lowest BCUT2D eigenvalue weighted by molar-refractivity contribution is 0.000843. The van der Waals surface area contributed by atoms with Gasteiger partial charge in [0.15, 0.2) is 0 Å². The third-order valence-electron chi connectivity index (χ3n) is 4.12. The number of ether oxygens (including phenoxy) is 1. The van der Waals surface area contributed by atoms with E-state index in [4.69, 9.17) is 9.15 Å². The Labute approximate surface area is 123 Å². The molecule has 1 fully saturated rings. The van der Waals surface area contributed by atoms with Crippen LogP contribution in [0.5, 0.6) is 0 Å². The summed E-state index contributed by atoms with van der Waals surface area (Å²) in [5, 5.41) is 3.46. The fourth-order valence-corrected chi connectivity index (χ4v) is 2.74. The predicted molar refractivity (Wildman–Crippen MR) is 81.5 cm³/mol. The van der Waals surface area contributed by atoms with Crippen LogP contribution in [0.2, 0.25) is 0 Å². The quantitative estimate of drug-likeness (QED) is 0.815. The van der Waals surface area contributed by atoms with Crippen LogP contribution >= 0.6 is 0 Å². The molecule has 1 aliphatic rings. The molecule has 3 nitrogen and oxygen atoms in total. The van der Waals surface area contributed by atoms with Crippen LogP contribution in [0.15, 0.2) is 16.7 Å². The summed E-state index contributed by atoms with van der Waals surface area (Å²) in [5.41, 5.74) is 1.23. The van der Waals surface area contributed by atoms with E-state index in [0.29, 0.717) is 18.6 Å². The first kappa shape index (κ1) is 15.6. The molecule has 0 atom stereocenters. The van der Waals surface area contributed by atoms with Crippen molar-refractivity contribution in [3.05, 3.63) is 23.7 Å². The van der Waals surface area contributed by atoms with Crippen molar-refractivity contribution in [1.82, 2.24) is 5.32 Å². The topological polar surface area (TPSA) is 34.4 Å². The van der Waals surface area contributed by atoms with Crippen molar-refractivity contribution < 1.29 is 9.15 Å². The lowest BCUT2D eigenvalue weighted by Crippen LogP contribution is -2.21. The first-order valence-corrected chi connectivity index (χ1v) is 8.02. The van der Waals surface area contributed by atoms with Gasteiger partial charge in [-0.3, -0.25) is 0 Å². The summed E-state index contributed by atoms with van der Waals surface area (Å²) in [6.07, 6.45) is 7.18. The number of nitrogens with one attached hydrogen (secondary N) is 1. The Hall–Kier alpha value is -0.800. The van der Waals surface area contributed by atoms with Crippen LogP contribution in [0.3, 0.4) is 0 Å². The summed E-state index contributed by atoms with van der Waals surface area (Å²) in [6, 6.07) is 2.05. The van der Waals surface area contributed by atoms with E-state index in [-0.39, 0.29) is 0 Å². The molecule has 2 rings (SSSR count). The van der Waals surface area contributed by atoms with Crippen molar-refractivity contribution in [2.75, 3.05) is 6.54 Å². The minimum Gasteiger partial charge on any atom is -0.467 e. The summed E-state index contributed by atoms with van der Waals surface area (Å²) in [7, 11) is 0. The second-order valence-electron chi connectivity index (χ2n) is 6.59. The lowest BCUT2D eigenvalue weighted by Gasteiger charge is -2.26. The van der Waals surface area contributed by atoms with Crippen LogP contribution in [0.1, 0.15) is 57.8 Å². The van der Waals surface area contributed by atoms with Gasteiger partial charge in [0.1, 0.15) is 12.4 Å². The molecule has 0 saturated heterocycles. The standard InChI is InChI=1S/C17H29NO2/c1-13(2)10-18-11-15-8-9-19-17(15)12-20-16-6-4-14(3)5-7-16/h8-9,13-14,16,18H,4-7,10-12H2,1-3H3. The number of hydrogen-bond acceptors (Lipinski definition) is 3. The minimum atomic E-state index is 0.424. The molecule has 1 heterocycles. The van der Waals surface area contributed by atoms with Crippen LogP contribution in [-0.2, 0) is 17.9 Å². The van der Waals surface area contributed by atoms with Gasteiger partial charge in [0.05, 0.1) is 12.4 Å². The van der Waals surface area contributed by atoms with Crippen LogP contribution < -0.4 is 5.32 Å². The molecule has 114 valence electrons. The van der Waals surface area contributed by atoms with Gasteiger partial charge in [0.25, 0.3) is 0 Å². The zero-order chi connectivity index (χ0) is 14.4. The van der Waals surface area contributed by atoms with Gasteiger partial charge < -0.3 is 14.5 Å². The third kappa shape index (κ3) is 4.95. The predicted octanol–water partition coefficient (Wildman–Crippen LogP) is 4.12. The van der Waals surface area contributed by atoms with E-state index in [0.717, 1.165) is 24.8 Å². The average Bonchev–Trinajstić information content (AvgIpc) is 2.85. The largest absolute Gasteiger partial charge is 0.467 e. The first-order chi connectivity index (χ1) is 9.65. The normalized spacial score (nSPS) is 23.4. The summed E-state index contributed by atoms with van der Waals surface area (Å²) in [5.74, 6) is 2.53. The molecule has 0 aromatic carbocycles. The highest BCUT2D eigenvalue weighted by Crippen LogP contribution is 2.26. The van der Waals surface area contributed by atoms with Crippen LogP contribution in [-0.4, -0.2) is 12.6 Å². The molecule has 0 bridgehead atoms. The fourth-order valence-electron chi connectivity index (χ4n) is 2.74. The van der Waals surface area contributed by atoms with Crippen molar-refractivity contribution >= 4 is 0 Å². The van der Waals surface area contributed by atoms with Crippen molar-refractivity contribution in [2.24, 2.45) is 11.8 Å². The van der Waals surface area contributed by atoms with E-state index in [9.17, 15) is 0 Å². The second kappa shape index (κ2) is 7.84. The first-order valence-electron chi connectivity index (χ1n) is 8.02. The maximum absolute atomic E-state index is 6.02. The average molecular weight is 279 g/mol. The highest BCUT2D eigenvalue weighted by Gasteiger charge is 2.19. The molecule has 1 aromatic heterocycles. The maximum Gasteiger partial charge on any atom is 0.133 e. The van der Waals surface area contributed by atoms with Gasteiger partial charge in [0, 0.05) is 12.1 Å². The smallest absolute Gasteiger partial charge is 0.133 e. The SMILES string of the molecule is CC(C)CNCc1ccoc1COC1CCC(C)CC1. The molecule has 1 aliphatic carbocycles. The van der Waals surface area contributed by atoms with E-state index in [1.54, 1.807) is 6.26 Å². The maximum atomic E-state index is 6.02. The van der Waals surface area contributed by atoms with E-state index in [1.165, 1.54) is 31.2 Å². The van der Waals surface area contributed by atoms with Crippen molar-refractivity contribution in [1.29, 1.82) is 0 Å². The number of hydrogen-bond donors (Lipinski definition) is 1. The Morgan fingerprint density at radius 3 is 2.75 bits per heavy atom. The molecule has 1 saturated carbocycles. The van der Waals surface area contributed by atoms with E-state index in [1.807, 2.05) is 0 Å². The molecule has 0 amide bonds. The molecule has 0 spiro atoms. The van der Waals surface area contributed by atoms with Gasteiger partial charge in [-0.05, 0) is 50.1 Å². The van der Waals surface area contributed by atoms with E-state index in [2.05, 4.69) is 32.2 Å². The van der Waals surface area contributed by atoms with Gasteiger partial charge >= 0.3 is 0 Å². The Morgan fingerprint density at radius 1 is 1.30 bits per heavy atom. The monoisotopic (exact) mass is 279 g/mol. The third-order valence-corrected chi connectivity index (χ3v) is 4.12. The minimum absolute atomic E-state index is 0.424. The Kier molecular flexibility index (Phi) is 6.11. The molecule has 0 aliphatic heterocycles. The van der Waals surface area contributed by atoms with Gasteiger partial charge in [-0.15, -0.1) is 0 Å². The van der Waals surface area contributed by atoms with Crippen LogP contribution in [0, 0.1) is 11.8 Å². The van der Waals surface area contributed by atoms with Crippen LogP contribution in [0.4, 0.5) is 0 Å². The molecule has 1 N–H and O–H groups in total. The zero-order valence-electron chi connectivity index (χ0n) is 13.2. The summed E-state index contributed by atoms with van der Waals surface area (Å²) < 4.78 is 11.6. The van der Waals surface area contributed by atoms with Gasteiger partial charge in [-0.2, -0.15) is 0 Å². The molecular weight excluding hydrogens is 250 g/mol. The molecule has 3 heteroatoms. The summed E-state index contributed by atoms with van der Waals surface area (Å²) in [6.45, 7) is 9.29. The molecule has 20 heavy (non-hydrogen) atoms. The highest BCUT2D eigenvalue weighted by atomic mass is 16.5. The summed E-state index contributed by atoms with van der Waals surface area (Å²) in [4.78, 5) is 0. The fraction of sp³-hybridized carbons (Fsp3) is 0.765. The molecular formula is C17H29NO2. The number of furan rings is 1. The van der Waals surface area contributed by atoms with Gasteiger partial charge in [0.2, 0.25) is 0 Å². The number of rotatable bonds is 7. The molecule has 1 aromatic rings. The highest BCUT2D eigenvalue weighted by molar-refractivity contribution is 5.16. The van der Waals surface area contributed by atoms with Gasteiger partial charge in [-0.25, -0.2) is 0 Å².